The molecule has 1 aliphatic heterocycles. The van der Waals surface area contributed by atoms with Gasteiger partial charge in [-0.3, -0.25) is 4.79 Å². The number of anilines is 1. The second-order valence-electron chi connectivity index (χ2n) is 6.02. The summed E-state index contributed by atoms with van der Waals surface area (Å²) in [7, 11) is 0. The standard InChI is InChI=1S/C22H18N2O/c25-22-20(17-10-5-2-6-11-17)21-18(12-7-13-19(21)24-22)23-15-14-16-8-3-1-4-9-16/h1-13,23H,14-15H2. The van der Waals surface area contributed by atoms with Crippen molar-refractivity contribution in [2.24, 2.45) is 4.99 Å². The summed E-state index contributed by atoms with van der Waals surface area (Å²) in [6, 6.07) is 26.0. The van der Waals surface area contributed by atoms with Crippen molar-refractivity contribution < 1.29 is 4.79 Å². The van der Waals surface area contributed by atoms with Crippen molar-refractivity contribution in [3.63, 3.8) is 0 Å². The SMILES string of the molecule is O=C1N=c2cccc(NCCc3ccccc3)c2=C1c1ccccc1. The quantitative estimate of drug-likeness (QED) is 0.783. The fraction of sp³-hybridized carbons (Fsp3) is 0.0909. The lowest BCUT2D eigenvalue weighted by atomic mass is 10.0. The molecule has 0 aliphatic carbocycles. The highest BCUT2D eigenvalue weighted by Gasteiger charge is 2.19. The van der Waals surface area contributed by atoms with Crippen LogP contribution in [0.15, 0.2) is 83.9 Å². The van der Waals surface area contributed by atoms with Gasteiger partial charge < -0.3 is 5.32 Å². The van der Waals surface area contributed by atoms with E-state index in [1.165, 1.54) is 5.56 Å². The Balaban J connectivity index is 1.70. The molecule has 1 heterocycles. The molecule has 0 saturated heterocycles. The molecule has 0 unspecified atom stereocenters. The molecule has 1 aliphatic rings. The number of amides is 1. The Morgan fingerprint density at radius 1 is 0.800 bits per heavy atom. The number of nitrogens with one attached hydrogen (secondary N) is 1. The zero-order chi connectivity index (χ0) is 17.1. The number of carbonyl (C=O) groups is 1. The molecule has 0 fully saturated rings. The Bertz CT molecular complexity index is 1020. The van der Waals surface area contributed by atoms with Gasteiger partial charge in [0.05, 0.1) is 10.9 Å². The highest BCUT2D eigenvalue weighted by molar-refractivity contribution is 6.21. The van der Waals surface area contributed by atoms with Gasteiger partial charge in [-0.1, -0.05) is 66.7 Å². The average molecular weight is 326 g/mol. The first-order chi connectivity index (χ1) is 12.3. The molecule has 0 aromatic heterocycles. The molecule has 122 valence electrons. The molecule has 3 aromatic rings. The van der Waals surface area contributed by atoms with E-state index in [0.29, 0.717) is 5.57 Å². The van der Waals surface area contributed by atoms with E-state index in [1.54, 1.807) is 0 Å². The number of hydrogen-bond acceptors (Lipinski definition) is 2. The Morgan fingerprint density at radius 2 is 1.52 bits per heavy atom. The number of hydrogen-bond donors (Lipinski definition) is 1. The van der Waals surface area contributed by atoms with Crippen LogP contribution in [0.1, 0.15) is 11.1 Å². The maximum atomic E-state index is 12.4. The molecule has 0 radical (unpaired) electrons. The van der Waals surface area contributed by atoms with Crippen LogP contribution in [0.4, 0.5) is 5.69 Å². The molecule has 1 amide bonds. The first-order valence-corrected chi connectivity index (χ1v) is 8.42. The smallest absolute Gasteiger partial charge is 0.278 e. The number of benzene rings is 3. The van der Waals surface area contributed by atoms with Gasteiger partial charge in [-0.25, -0.2) is 4.99 Å². The predicted octanol–water partition coefficient (Wildman–Crippen LogP) is 2.70. The normalized spacial score (nSPS) is 12.6. The molecule has 0 saturated carbocycles. The fourth-order valence-corrected chi connectivity index (χ4v) is 3.17. The fourth-order valence-electron chi connectivity index (χ4n) is 3.17. The second kappa shape index (κ2) is 6.73. The predicted molar refractivity (Wildman–Crippen MR) is 99.8 cm³/mol. The van der Waals surface area contributed by atoms with Crippen LogP contribution in [-0.4, -0.2) is 12.5 Å². The summed E-state index contributed by atoms with van der Waals surface area (Å²) in [5.41, 5.74) is 3.84. The summed E-state index contributed by atoms with van der Waals surface area (Å²) >= 11 is 0. The number of fused-ring (bicyclic) bond motifs is 1. The molecule has 4 rings (SSSR count). The van der Waals surface area contributed by atoms with Gasteiger partial charge in [0.2, 0.25) is 0 Å². The zero-order valence-corrected chi connectivity index (χ0v) is 13.8. The number of rotatable bonds is 5. The monoisotopic (exact) mass is 326 g/mol. The minimum atomic E-state index is -0.168. The van der Waals surface area contributed by atoms with Gasteiger partial charge in [-0.15, -0.1) is 0 Å². The van der Waals surface area contributed by atoms with E-state index in [-0.39, 0.29) is 5.91 Å². The van der Waals surface area contributed by atoms with E-state index in [4.69, 9.17) is 0 Å². The van der Waals surface area contributed by atoms with E-state index in [9.17, 15) is 4.79 Å². The summed E-state index contributed by atoms with van der Waals surface area (Å²) < 4.78 is 0. The Morgan fingerprint density at radius 3 is 2.28 bits per heavy atom. The van der Waals surface area contributed by atoms with E-state index >= 15 is 0 Å². The summed E-state index contributed by atoms with van der Waals surface area (Å²) in [6.07, 6.45) is 0.927. The number of nitrogens with zero attached hydrogens (tertiary/aromatic N) is 1. The van der Waals surface area contributed by atoms with Gasteiger partial charge in [0.25, 0.3) is 5.91 Å². The average Bonchev–Trinajstić information content (AvgIpc) is 3.00. The van der Waals surface area contributed by atoms with E-state index in [1.807, 2.05) is 66.7 Å². The summed E-state index contributed by atoms with van der Waals surface area (Å²) in [4.78, 5) is 16.7. The molecule has 25 heavy (non-hydrogen) atoms. The Kier molecular flexibility index (Phi) is 4.13. The van der Waals surface area contributed by atoms with Crippen molar-refractivity contribution >= 4 is 17.2 Å². The van der Waals surface area contributed by atoms with Gasteiger partial charge in [0.1, 0.15) is 0 Å². The third-order valence-corrected chi connectivity index (χ3v) is 4.36. The molecule has 1 N–H and O–H groups in total. The van der Waals surface area contributed by atoms with Crippen LogP contribution < -0.4 is 15.9 Å². The summed E-state index contributed by atoms with van der Waals surface area (Å²) in [6.45, 7) is 0.802. The molecule has 3 heteroatoms. The van der Waals surface area contributed by atoms with Crippen molar-refractivity contribution in [1.29, 1.82) is 0 Å². The molecule has 0 spiro atoms. The maximum Gasteiger partial charge on any atom is 0.278 e. The molecular weight excluding hydrogens is 308 g/mol. The van der Waals surface area contributed by atoms with Gasteiger partial charge in [0, 0.05) is 17.5 Å². The minimum absolute atomic E-state index is 0.168. The van der Waals surface area contributed by atoms with Crippen LogP contribution >= 0.6 is 0 Å². The lowest BCUT2D eigenvalue weighted by Crippen LogP contribution is -2.28. The van der Waals surface area contributed by atoms with Gasteiger partial charge in [0.15, 0.2) is 0 Å². The lowest BCUT2D eigenvalue weighted by molar-refractivity contribution is -0.112. The molecule has 0 bridgehead atoms. The second-order valence-corrected chi connectivity index (χ2v) is 6.02. The van der Waals surface area contributed by atoms with Crippen molar-refractivity contribution in [1.82, 2.24) is 0 Å². The van der Waals surface area contributed by atoms with Crippen LogP contribution in [0.2, 0.25) is 0 Å². The Hall–Kier alpha value is -3.20. The van der Waals surface area contributed by atoms with Crippen molar-refractivity contribution in [2.45, 2.75) is 6.42 Å². The Labute approximate surface area is 146 Å². The summed E-state index contributed by atoms with van der Waals surface area (Å²) in [5.74, 6) is -0.168. The highest BCUT2D eigenvalue weighted by Crippen LogP contribution is 2.16. The van der Waals surface area contributed by atoms with Crippen LogP contribution in [0, 0.1) is 0 Å². The van der Waals surface area contributed by atoms with Gasteiger partial charge >= 0.3 is 0 Å². The molecule has 0 atom stereocenters. The lowest BCUT2D eigenvalue weighted by Gasteiger charge is -2.08. The highest BCUT2D eigenvalue weighted by atomic mass is 16.1. The topological polar surface area (TPSA) is 41.5 Å². The van der Waals surface area contributed by atoms with Crippen LogP contribution in [0.3, 0.4) is 0 Å². The summed E-state index contributed by atoms with van der Waals surface area (Å²) in [5, 5.41) is 5.13. The van der Waals surface area contributed by atoms with Crippen molar-refractivity contribution in [3.8, 4) is 0 Å². The molecule has 3 aromatic carbocycles. The molecule has 3 nitrogen and oxygen atoms in total. The van der Waals surface area contributed by atoms with Crippen LogP contribution in [0.25, 0.3) is 5.57 Å². The first-order valence-electron chi connectivity index (χ1n) is 8.42. The largest absolute Gasteiger partial charge is 0.384 e. The van der Waals surface area contributed by atoms with Crippen molar-refractivity contribution in [2.75, 3.05) is 11.9 Å². The van der Waals surface area contributed by atoms with Crippen molar-refractivity contribution in [3.05, 3.63) is 101 Å². The van der Waals surface area contributed by atoms with Gasteiger partial charge in [-0.05, 0) is 29.7 Å². The molecular formula is C22H18N2O. The minimum Gasteiger partial charge on any atom is -0.384 e. The third kappa shape index (κ3) is 3.09. The van der Waals surface area contributed by atoms with Crippen LogP contribution in [0.5, 0.6) is 0 Å². The van der Waals surface area contributed by atoms with Crippen LogP contribution in [-0.2, 0) is 11.2 Å². The zero-order valence-electron chi connectivity index (χ0n) is 13.8. The first kappa shape index (κ1) is 15.3. The van der Waals surface area contributed by atoms with E-state index < -0.39 is 0 Å². The van der Waals surface area contributed by atoms with E-state index in [0.717, 1.165) is 34.8 Å². The third-order valence-electron chi connectivity index (χ3n) is 4.36. The van der Waals surface area contributed by atoms with E-state index in [2.05, 4.69) is 22.4 Å². The number of carbonyl (C=O) groups excluding carboxylic acids is 1. The van der Waals surface area contributed by atoms with Gasteiger partial charge in [-0.2, -0.15) is 0 Å². The maximum absolute atomic E-state index is 12.4.